The number of unbranched alkanes of at least 4 members (excludes halogenated alkanes) is 43. The van der Waals surface area contributed by atoms with Gasteiger partial charge in [0.05, 0.1) is 26.4 Å². The van der Waals surface area contributed by atoms with Crippen molar-refractivity contribution in [2.24, 2.45) is 0 Å². The van der Waals surface area contributed by atoms with E-state index < -0.39 is 97.5 Å². The smallest absolute Gasteiger partial charge is 0.462 e. The van der Waals surface area contributed by atoms with Gasteiger partial charge in [-0.05, 0) is 103 Å². The third-order valence-corrected chi connectivity index (χ3v) is 19.0. The molecule has 0 aromatic rings. The van der Waals surface area contributed by atoms with Crippen LogP contribution in [0.5, 0.6) is 0 Å². The number of aliphatic hydroxyl groups excluding tert-OH is 1. The van der Waals surface area contributed by atoms with Crippen LogP contribution in [0, 0.1) is 0 Å². The highest BCUT2D eigenvalue weighted by molar-refractivity contribution is 7.47. The summed E-state index contributed by atoms with van der Waals surface area (Å²) in [5.41, 5.74) is 0. The van der Waals surface area contributed by atoms with E-state index in [2.05, 4.69) is 64.2 Å². The molecule has 0 rings (SSSR count). The van der Waals surface area contributed by atoms with Crippen molar-refractivity contribution in [2.45, 2.75) is 393 Å². The second kappa shape index (κ2) is 70.7. The van der Waals surface area contributed by atoms with E-state index in [0.717, 1.165) is 154 Å². The van der Waals surface area contributed by atoms with Gasteiger partial charge in [-0.15, -0.1) is 0 Å². The molecule has 0 aliphatic rings. The topological polar surface area (TPSA) is 237 Å². The average Bonchev–Trinajstić information content (AvgIpc) is 1.36. The maximum atomic E-state index is 13.1. The molecule has 0 aliphatic heterocycles. The molecule has 19 heteroatoms. The predicted octanol–water partition coefficient (Wildman–Crippen LogP) is 22.3. The van der Waals surface area contributed by atoms with Crippen LogP contribution in [-0.2, 0) is 65.4 Å². The molecule has 0 heterocycles. The van der Waals surface area contributed by atoms with Crippen LogP contribution in [0.15, 0.2) is 36.5 Å². The van der Waals surface area contributed by atoms with Crippen LogP contribution < -0.4 is 0 Å². The van der Waals surface area contributed by atoms with Crippen LogP contribution in [0.1, 0.15) is 374 Å². The monoisotopic (exact) mass is 1400 g/mol. The van der Waals surface area contributed by atoms with Gasteiger partial charge in [0.15, 0.2) is 12.2 Å². The molecular weight excluding hydrogens is 1260 g/mol. The first kappa shape index (κ1) is 93.3. The second-order valence-corrected chi connectivity index (χ2v) is 29.6. The molecule has 5 atom stereocenters. The maximum absolute atomic E-state index is 13.1. The van der Waals surface area contributed by atoms with Crippen molar-refractivity contribution in [3.63, 3.8) is 0 Å². The fourth-order valence-electron chi connectivity index (χ4n) is 11.0. The third-order valence-electron chi connectivity index (χ3n) is 17.1. The van der Waals surface area contributed by atoms with Gasteiger partial charge in [-0.2, -0.15) is 0 Å². The van der Waals surface area contributed by atoms with Crippen LogP contribution in [0.2, 0.25) is 0 Å². The van der Waals surface area contributed by atoms with Crippen LogP contribution >= 0.6 is 15.6 Å². The SMILES string of the molecule is CCCCCC/C=C\CCCCCCCCCC(=O)OC[C@H](COP(=O)(O)OC[C@@H](O)COP(=O)(O)OC[C@@H](COC(=O)CCCCCCC/C=C\CCCCCC)OC(=O)CCCCCCCCCCCCCCC)OC(=O)CCCCCCCCC/C=C\CCCCCC. The Bertz CT molecular complexity index is 1970. The summed E-state index contributed by atoms with van der Waals surface area (Å²) in [6, 6.07) is 0. The van der Waals surface area contributed by atoms with Gasteiger partial charge >= 0.3 is 39.5 Å². The van der Waals surface area contributed by atoms with Gasteiger partial charge in [-0.25, -0.2) is 9.13 Å². The van der Waals surface area contributed by atoms with Gasteiger partial charge in [-0.1, -0.05) is 282 Å². The zero-order valence-corrected chi connectivity index (χ0v) is 63.4. The first-order chi connectivity index (χ1) is 46.7. The molecule has 0 aromatic carbocycles. The minimum atomic E-state index is -4.97. The molecular formula is C77H144O17P2. The first-order valence-corrected chi connectivity index (χ1v) is 42.2. The van der Waals surface area contributed by atoms with Gasteiger partial charge < -0.3 is 33.8 Å². The fraction of sp³-hybridized carbons (Fsp3) is 0.870. The second-order valence-electron chi connectivity index (χ2n) is 26.7. The number of hydrogen-bond donors (Lipinski definition) is 3. The number of allylic oxidation sites excluding steroid dienone is 6. The number of carbonyl (C=O) groups is 4. The Balaban J connectivity index is 5.31. The maximum Gasteiger partial charge on any atom is 0.472 e. The Morgan fingerprint density at radius 3 is 0.729 bits per heavy atom. The van der Waals surface area contributed by atoms with Gasteiger partial charge in [-0.3, -0.25) is 37.3 Å². The van der Waals surface area contributed by atoms with Crippen molar-refractivity contribution in [3.05, 3.63) is 36.5 Å². The lowest BCUT2D eigenvalue weighted by molar-refractivity contribution is -0.161. The largest absolute Gasteiger partial charge is 0.472 e. The van der Waals surface area contributed by atoms with E-state index >= 15 is 0 Å². The molecule has 0 saturated heterocycles. The molecule has 0 radical (unpaired) electrons. The van der Waals surface area contributed by atoms with E-state index in [1.807, 2.05) is 0 Å². The molecule has 0 bridgehead atoms. The van der Waals surface area contributed by atoms with Crippen molar-refractivity contribution in [2.75, 3.05) is 39.6 Å². The minimum absolute atomic E-state index is 0.0955. The van der Waals surface area contributed by atoms with E-state index in [0.29, 0.717) is 25.7 Å². The predicted molar refractivity (Wildman–Crippen MR) is 391 cm³/mol. The molecule has 3 N–H and O–H groups in total. The average molecular weight is 1400 g/mol. The molecule has 17 nitrogen and oxygen atoms in total. The molecule has 0 aliphatic carbocycles. The molecule has 0 fully saturated rings. The van der Waals surface area contributed by atoms with E-state index in [4.69, 9.17) is 37.0 Å². The molecule has 564 valence electrons. The van der Waals surface area contributed by atoms with E-state index in [1.54, 1.807) is 0 Å². The summed E-state index contributed by atoms with van der Waals surface area (Å²) in [5.74, 6) is -2.15. The first-order valence-electron chi connectivity index (χ1n) is 39.2. The number of phosphoric acid groups is 2. The van der Waals surface area contributed by atoms with Crippen LogP contribution in [-0.4, -0.2) is 96.7 Å². The standard InChI is InChI=1S/C77H144O17P2/c1-5-9-13-17-21-25-29-33-35-39-42-46-50-54-58-62-75(80)88-68-73(94-77(82)64-60-56-52-48-44-40-36-34-30-26-22-18-14-10-6-2)70-92-96(85,86)90-66-71(78)65-89-95(83,84)91-69-72(93-76(81)63-59-55-51-47-43-38-32-28-24-20-16-12-8-4)67-87-74(79)61-57-53-49-45-41-37-31-27-23-19-15-11-7-3/h25-27,29-31,71-73,78H,5-24,28,32-70H2,1-4H3,(H,83,84)(H,85,86)/b29-25-,30-26-,31-27-/t71-,72+,73+/m0/s1. The Hall–Kier alpha value is -2.72. The van der Waals surface area contributed by atoms with E-state index in [-0.39, 0.29) is 25.7 Å². The van der Waals surface area contributed by atoms with E-state index in [9.17, 15) is 43.2 Å². The number of aliphatic hydroxyl groups is 1. The van der Waals surface area contributed by atoms with Crippen molar-refractivity contribution in [1.29, 1.82) is 0 Å². The summed E-state index contributed by atoms with van der Waals surface area (Å²) in [7, 11) is -9.93. The fourth-order valence-corrected chi connectivity index (χ4v) is 12.6. The normalized spacial score (nSPS) is 14.1. The van der Waals surface area contributed by atoms with Crippen LogP contribution in [0.4, 0.5) is 0 Å². The molecule has 0 aromatic heterocycles. The van der Waals surface area contributed by atoms with Crippen LogP contribution in [0.25, 0.3) is 0 Å². The number of carbonyl (C=O) groups excluding carboxylic acids is 4. The van der Waals surface area contributed by atoms with Crippen LogP contribution in [0.3, 0.4) is 0 Å². The summed E-state index contributed by atoms with van der Waals surface area (Å²) in [6.45, 7) is 4.90. The Labute approximate surface area is 585 Å². The summed E-state index contributed by atoms with van der Waals surface area (Å²) < 4.78 is 68.5. The quantitative estimate of drug-likeness (QED) is 0.0169. The molecule has 96 heavy (non-hydrogen) atoms. The lowest BCUT2D eigenvalue weighted by Gasteiger charge is -2.21. The Kier molecular flexibility index (Phi) is 68.7. The highest BCUT2D eigenvalue weighted by atomic mass is 31.2. The number of rotatable bonds is 75. The lowest BCUT2D eigenvalue weighted by atomic mass is 10.0. The third kappa shape index (κ3) is 69.7. The summed E-state index contributed by atoms with van der Waals surface area (Å²) in [4.78, 5) is 72.8. The number of ether oxygens (including phenoxy) is 4. The van der Waals surface area contributed by atoms with Crippen molar-refractivity contribution in [1.82, 2.24) is 0 Å². The number of phosphoric ester groups is 2. The molecule has 2 unspecified atom stereocenters. The van der Waals surface area contributed by atoms with Gasteiger partial charge in [0.1, 0.15) is 19.3 Å². The lowest BCUT2D eigenvalue weighted by Crippen LogP contribution is -2.30. The van der Waals surface area contributed by atoms with Crippen molar-refractivity contribution < 1.29 is 80.2 Å². The molecule has 0 amide bonds. The van der Waals surface area contributed by atoms with Gasteiger partial charge in [0.25, 0.3) is 0 Å². The van der Waals surface area contributed by atoms with Crippen molar-refractivity contribution in [3.8, 4) is 0 Å². The number of hydrogen-bond acceptors (Lipinski definition) is 15. The summed E-state index contributed by atoms with van der Waals surface area (Å²) in [6.07, 6.45) is 65.5. The zero-order valence-electron chi connectivity index (χ0n) is 61.6. The highest BCUT2D eigenvalue weighted by Gasteiger charge is 2.30. The highest BCUT2D eigenvalue weighted by Crippen LogP contribution is 2.45. The van der Waals surface area contributed by atoms with Gasteiger partial charge in [0, 0.05) is 25.7 Å². The zero-order chi connectivity index (χ0) is 70.4. The summed E-state index contributed by atoms with van der Waals surface area (Å²) >= 11 is 0. The molecule has 0 spiro atoms. The Morgan fingerprint density at radius 2 is 0.479 bits per heavy atom. The summed E-state index contributed by atoms with van der Waals surface area (Å²) in [5, 5.41) is 10.6. The van der Waals surface area contributed by atoms with E-state index in [1.165, 1.54) is 141 Å². The number of esters is 4. The molecule has 0 saturated carbocycles. The minimum Gasteiger partial charge on any atom is -0.462 e. The van der Waals surface area contributed by atoms with Crippen molar-refractivity contribution >= 4 is 39.5 Å². The van der Waals surface area contributed by atoms with Gasteiger partial charge in [0.2, 0.25) is 0 Å². The Morgan fingerprint density at radius 1 is 0.281 bits per heavy atom.